The van der Waals surface area contributed by atoms with Crippen molar-refractivity contribution in [2.24, 2.45) is 0 Å². The SMILES string of the molecule is Cc1ccccc1P(N1CCCCC1)N1CCCCC1. The molecule has 2 saturated heterocycles. The molecule has 0 amide bonds. The van der Waals surface area contributed by atoms with Gasteiger partial charge in [-0.3, -0.25) is 9.34 Å². The standard InChI is InChI=1S/C17H27N2P/c1-16-10-4-5-11-17(16)20(18-12-6-2-7-13-18)19-14-8-3-9-15-19/h4-5,10-11H,2-3,6-9,12-15H2,1H3. The highest BCUT2D eigenvalue weighted by atomic mass is 31.1. The first-order valence-electron chi connectivity index (χ1n) is 8.22. The van der Waals surface area contributed by atoms with Crippen LogP contribution in [0, 0.1) is 6.92 Å². The van der Waals surface area contributed by atoms with Gasteiger partial charge >= 0.3 is 0 Å². The number of aryl methyl sites for hydroxylation is 1. The average molecular weight is 290 g/mol. The summed E-state index contributed by atoms with van der Waals surface area (Å²) in [5, 5.41) is 1.60. The zero-order chi connectivity index (χ0) is 13.8. The van der Waals surface area contributed by atoms with Gasteiger partial charge in [-0.2, -0.15) is 0 Å². The van der Waals surface area contributed by atoms with Crippen molar-refractivity contribution in [3.05, 3.63) is 29.8 Å². The van der Waals surface area contributed by atoms with Crippen molar-refractivity contribution in [3.8, 4) is 0 Å². The van der Waals surface area contributed by atoms with E-state index in [0.717, 1.165) is 0 Å². The zero-order valence-corrected chi connectivity index (χ0v) is 13.6. The van der Waals surface area contributed by atoms with E-state index < -0.39 is 0 Å². The highest BCUT2D eigenvalue weighted by Crippen LogP contribution is 2.46. The van der Waals surface area contributed by atoms with Crippen molar-refractivity contribution in [2.45, 2.75) is 45.4 Å². The third-order valence-corrected chi connectivity index (χ3v) is 7.34. The molecular weight excluding hydrogens is 263 g/mol. The van der Waals surface area contributed by atoms with Crippen molar-refractivity contribution < 1.29 is 0 Å². The number of hydrogen-bond acceptors (Lipinski definition) is 2. The normalized spacial score (nSPS) is 22.3. The fourth-order valence-electron chi connectivity index (χ4n) is 3.40. The summed E-state index contributed by atoms with van der Waals surface area (Å²) in [4.78, 5) is 0. The van der Waals surface area contributed by atoms with Crippen molar-refractivity contribution in [1.82, 2.24) is 9.34 Å². The fourth-order valence-corrected chi connectivity index (χ4v) is 6.30. The molecule has 0 radical (unpaired) electrons. The van der Waals surface area contributed by atoms with E-state index in [-0.39, 0.29) is 8.22 Å². The van der Waals surface area contributed by atoms with E-state index in [1.807, 2.05) is 0 Å². The second-order valence-electron chi connectivity index (χ2n) is 6.10. The van der Waals surface area contributed by atoms with Crippen LogP contribution < -0.4 is 5.30 Å². The van der Waals surface area contributed by atoms with E-state index in [1.54, 1.807) is 5.30 Å². The fraction of sp³-hybridized carbons (Fsp3) is 0.647. The molecule has 0 bridgehead atoms. The van der Waals surface area contributed by atoms with Gasteiger partial charge in [0.1, 0.15) is 0 Å². The summed E-state index contributed by atoms with van der Waals surface area (Å²) >= 11 is 0. The molecule has 0 atom stereocenters. The molecule has 3 rings (SSSR count). The van der Waals surface area contributed by atoms with Crippen LogP contribution in [0.5, 0.6) is 0 Å². The second-order valence-corrected chi connectivity index (χ2v) is 8.30. The topological polar surface area (TPSA) is 6.48 Å². The van der Waals surface area contributed by atoms with E-state index in [9.17, 15) is 0 Å². The Bertz CT molecular complexity index is 405. The molecule has 0 N–H and O–H groups in total. The Morgan fingerprint density at radius 1 is 0.750 bits per heavy atom. The Labute approximate surface area is 125 Å². The highest BCUT2D eigenvalue weighted by molar-refractivity contribution is 7.61. The van der Waals surface area contributed by atoms with Crippen LogP contribution in [0.3, 0.4) is 0 Å². The predicted molar refractivity (Wildman–Crippen MR) is 88.6 cm³/mol. The second kappa shape index (κ2) is 7.02. The third-order valence-electron chi connectivity index (χ3n) is 4.53. The highest BCUT2D eigenvalue weighted by Gasteiger charge is 2.29. The first-order valence-corrected chi connectivity index (χ1v) is 9.46. The monoisotopic (exact) mass is 290 g/mol. The maximum atomic E-state index is 2.80. The molecule has 2 nitrogen and oxygen atoms in total. The number of piperidine rings is 2. The van der Waals surface area contributed by atoms with Crippen molar-refractivity contribution >= 4 is 13.5 Å². The number of hydrogen-bond donors (Lipinski definition) is 0. The molecule has 20 heavy (non-hydrogen) atoms. The minimum atomic E-state index is -0.246. The first kappa shape index (κ1) is 14.5. The minimum absolute atomic E-state index is 0.246. The molecule has 2 fully saturated rings. The molecule has 2 aliphatic rings. The van der Waals surface area contributed by atoms with Crippen LogP contribution in [-0.2, 0) is 0 Å². The molecular formula is C17H27N2P. The molecule has 110 valence electrons. The van der Waals surface area contributed by atoms with Crippen LogP contribution in [0.25, 0.3) is 0 Å². The zero-order valence-electron chi connectivity index (χ0n) is 12.7. The van der Waals surface area contributed by atoms with Crippen LogP contribution in [0.4, 0.5) is 0 Å². The Balaban J connectivity index is 1.87. The largest absolute Gasteiger partial charge is 0.266 e. The summed E-state index contributed by atoms with van der Waals surface area (Å²) in [5.41, 5.74) is 1.48. The summed E-state index contributed by atoms with van der Waals surface area (Å²) in [5.74, 6) is 0. The molecule has 3 heteroatoms. The van der Waals surface area contributed by atoms with Crippen LogP contribution in [0.2, 0.25) is 0 Å². The van der Waals surface area contributed by atoms with Gasteiger partial charge in [0.25, 0.3) is 0 Å². The number of nitrogens with zero attached hydrogens (tertiary/aromatic N) is 2. The first-order chi connectivity index (χ1) is 9.86. The molecule has 0 unspecified atom stereocenters. The number of benzene rings is 1. The minimum Gasteiger partial charge on any atom is -0.266 e. The van der Waals surface area contributed by atoms with Crippen LogP contribution >= 0.6 is 8.22 Å². The maximum absolute atomic E-state index is 2.80. The Morgan fingerprint density at radius 3 is 1.75 bits per heavy atom. The van der Waals surface area contributed by atoms with Gasteiger partial charge in [0.2, 0.25) is 0 Å². The summed E-state index contributed by atoms with van der Waals surface area (Å²) in [6.45, 7) is 7.50. The van der Waals surface area contributed by atoms with Crippen LogP contribution in [-0.4, -0.2) is 35.5 Å². The molecule has 0 spiro atoms. The smallest absolute Gasteiger partial charge is 0.0727 e. The van der Waals surface area contributed by atoms with Gasteiger partial charge in [0.15, 0.2) is 0 Å². The van der Waals surface area contributed by atoms with E-state index >= 15 is 0 Å². The van der Waals surface area contributed by atoms with E-state index in [2.05, 4.69) is 40.5 Å². The molecule has 2 aliphatic heterocycles. The van der Waals surface area contributed by atoms with Crippen LogP contribution in [0.15, 0.2) is 24.3 Å². The van der Waals surface area contributed by atoms with Gasteiger partial charge in [0.05, 0.1) is 8.22 Å². The molecule has 0 aromatic heterocycles. The van der Waals surface area contributed by atoms with Gasteiger partial charge in [-0.15, -0.1) is 0 Å². The molecule has 0 aliphatic carbocycles. The van der Waals surface area contributed by atoms with Crippen molar-refractivity contribution in [2.75, 3.05) is 26.2 Å². The quantitative estimate of drug-likeness (QED) is 0.779. The Hall–Kier alpha value is -0.430. The van der Waals surface area contributed by atoms with Crippen LogP contribution in [0.1, 0.15) is 44.1 Å². The lowest BCUT2D eigenvalue weighted by Crippen LogP contribution is -2.39. The van der Waals surface area contributed by atoms with Gasteiger partial charge in [0, 0.05) is 31.5 Å². The summed E-state index contributed by atoms with van der Waals surface area (Å²) < 4.78 is 5.60. The molecule has 2 heterocycles. The molecule has 1 aromatic rings. The third kappa shape index (κ3) is 3.24. The molecule has 0 saturated carbocycles. The van der Waals surface area contributed by atoms with E-state index in [0.29, 0.717) is 0 Å². The van der Waals surface area contributed by atoms with Gasteiger partial charge in [-0.05, 0) is 38.2 Å². The van der Waals surface area contributed by atoms with E-state index in [1.165, 1.54) is 70.3 Å². The lowest BCUT2D eigenvalue weighted by Gasteiger charge is -2.43. The average Bonchev–Trinajstić information content (AvgIpc) is 2.52. The van der Waals surface area contributed by atoms with Gasteiger partial charge < -0.3 is 0 Å². The Morgan fingerprint density at radius 2 is 1.25 bits per heavy atom. The van der Waals surface area contributed by atoms with E-state index in [4.69, 9.17) is 0 Å². The molecule has 1 aromatic carbocycles. The van der Waals surface area contributed by atoms with Crippen molar-refractivity contribution in [1.29, 1.82) is 0 Å². The summed E-state index contributed by atoms with van der Waals surface area (Å²) in [6, 6.07) is 9.08. The maximum Gasteiger partial charge on any atom is 0.0727 e. The van der Waals surface area contributed by atoms with Gasteiger partial charge in [-0.1, -0.05) is 37.1 Å². The number of rotatable bonds is 3. The summed E-state index contributed by atoms with van der Waals surface area (Å²) in [6.07, 6.45) is 8.40. The van der Waals surface area contributed by atoms with Gasteiger partial charge in [-0.25, -0.2) is 0 Å². The lowest BCUT2D eigenvalue weighted by molar-refractivity contribution is 0.315. The summed E-state index contributed by atoms with van der Waals surface area (Å²) in [7, 11) is -0.246. The Kier molecular flexibility index (Phi) is 5.09. The predicted octanol–water partition coefficient (Wildman–Crippen LogP) is 3.90. The lowest BCUT2D eigenvalue weighted by atomic mass is 10.2. The van der Waals surface area contributed by atoms with Crippen molar-refractivity contribution in [3.63, 3.8) is 0 Å².